The van der Waals surface area contributed by atoms with E-state index < -0.39 is 0 Å². The SMILES string of the molecule is CN(C)C(=O)Nc1ccc(Cl)cc1.CN(C)C(=O)Nc1ccccc1. The minimum Gasteiger partial charge on any atom is -0.331 e. The first kappa shape index (κ1) is 20.3. The second-order valence-electron chi connectivity index (χ2n) is 5.52. The third kappa shape index (κ3) is 8.08. The number of hydrogen-bond donors (Lipinski definition) is 2. The average Bonchev–Trinajstić information content (AvgIpc) is 2.58. The molecule has 0 saturated heterocycles. The highest BCUT2D eigenvalue weighted by Gasteiger charge is 2.02. The van der Waals surface area contributed by atoms with E-state index in [1.54, 1.807) is 52.5 Å². The maximum Gasteiger partial charge on any atom is 0.321 e. The monoisotopic (exact) mass is 362 g/mol. The number of benzene rings is 2. The van der Waals surface area contributed by atoms with Crippen molar-refractivity contribution in [2.75, 3.05) is 38.8 Å². The average molecular weight is 363 g/mol. The van der Waals surface area contributed by atoms with Gasteiger partial charge in [-0.05, 0) is 36.4 Å². The number of halogens is 1. The van der Waals surface area contributed by atoms with Gasteiger partial charge in [0, 0.05) is 44.6 Å². The standard InChI is InChI=1S/C9H11ClN2O.C9H12N2O/c1-12(2)9(13)11-8-5-3-7(10)4-6-8;1-11(2)9(12)10-8-6-4-3-5-7-8/h3-6H,1-2H3,(H,11,13);3-7H,1-2H3,(H,10,12). The highest BCUT2D eigenvalue weighted by atomic mass is 35.5. The van der Waals surface area contributed by atoms with Crippen molar-refractivity contribution in [2.24, 2.45) is 0 Å². The molecular formula is C18H23ClN4O2. The van der Waals surface area contributed by atoms with Crippen molar-refractivity contribution in [3.63, 3.8) is 0 Å². The summed E-state index contributed by atoms with van der Waals surface area (Å²) in [6, 6.07) is 16.1. The maximum atomic E-state index is 11.2. The van der Waals surface area contributed by atoms with Crippen LogP contribution in [0.15, 0.2) is 54.6 Å². The van der Waals surface area contributed by atoms with Crippen LogP contribution in [0.2, 0.25) is 5.02 Å². The lowest BCUT2D eigenvalue weighted by Gasteiger charge is -2.11. The van der Waals surface area contributed by atoms with Gasteiger partial charge in [-0.25, -0.2) is 9.59 Å². The minimum atomic E-state index is -0.151. The highest BCUT2D eigenvalue weighted by molar-refractivity contribution is 6.30. The molecule has 0 atom stereocenters. The summed E-state index contributed by atoms with van der Waals surface area (Å²) in [6.07, 6.45) is 0. The van der Waals surface area contributed by atoms with Crippen molar-refractivity contribution in [1.29, 1.82) is 0 Å². The second-order valence-corrected chi connectivity index (χ2v) is 5.96. The molecule has 4 amide bonds. The van der Waals surface area contributed by atoms with Crippen LogP contribution in [0, 0.1) is 0 Å². The highest BCUT2D eigenvalue weighted by Crippen LogP contribution is 2.13. The Labute approximate surface area is 153 Å². The second kappa shape index (κ2) is 10.2. The van der Waals surface area contributed by atoms with E-state index in [2.05, 4.69) is 10.6 Å². The van der Waals surface area contributed by atoms with E-state index in [1.165, 1.54) is 9.80 Å². The molecule has 7 heteroatoms. The number of hydrogen-bond acceptors (Lipinski definition) is 2. The summed E-state index contributed by atoms with van der Waals surface area (Å²) in [5, 5.41) is 6.08. The van der Waals surface area contributed by atoms with Crippen molar-refractivity contribution in [1.82, 2.24) is 9.80 Å². The van der Waals surface area contributed by atoms with E-state index >= 15 is 0 Å². The van der Waals surface area contributed by atoms with Gasteiger partial charge < -0.3 is 20.4 Å². The molecule has 0 aliphatic heterocycles. The molecule has 0 aliphatic rings. The van der Waals surface area contributed by atoms with Gasteiger partial charge in [0.15, 0.2) is 0 Å². The number of nitrogens with zero attached hydrogens (tertiary/aromatic N) is 2. The molecular weight excluding hydrogens is 340 g/mol. The summed E-state index contributed by atoms with van der Waals surface area (Å²) in [5.74, 6) is 0. The molecule has 134 valence electrons. The number of carbonyl (C=O) groups is 2. The third-order valence-electron chi connectivity index (χ3n) is 2.93. The number of amides is 4. The number of para-hydroxylation sites is 1. The van der Waals surface area contributed by atoms with E-state index in [4.69, 9.17) is 11.6 Å². The quantitative estimate of drug-likeness (QED) is 0.840. The van der Waals surface area contributed by atoms with Gasteiger partial charge in [-0.15, -0.1) is 0 Å². The Bertz CT molecular complexity index is 673. The summed E-state index contributed by atoms with van der Waals surface area (Å²) < 4.78 is 0. The fraction of sp³-hybridized carbons (Fsp3) is 0.222. The van der Waals surface area contributed by atoms with Gasteiger partial charge in [0.2, 0.25) is 0 Å². The van der Waals surface area contributed by atoms with Gasteiger partial charge in [-0.1, -0.05) is 29.8 Å². The number of rotatable bonds is 2. The molecule has 0 heterocycles. The Hall–Kier alpha value is -2.73. The van der Waals surface area contributed by atoms with Crippen LogP contribution in [-0.4, -0.2) is 50.1 Å². The molecule has 6 nitrogen and oxygen atoms in total. The molecule has 2 aromatic carbocycles. The summed E-state index contributed by atoms with van der Waals surface area (Å²) in [5.41, 5.74) is 1.55. The largest absolute Gasteiger partial charge is 0.331 e. The lowest BCUT2D eigenvalue weighted by Crippen LogP contribution is -2.27. The topological polar surface area (TPSA) is 64.7 Å². The zero-order valence-corrected chi connectivity index (χ0v) is 15.5. The predicted molar refractivity (Wildman–Crippen MR) is 103 cm³/mol. The number of anilines is 2. The maximum absolute atomic E-state index is 11.2. The molecule has 0 radical (unpaired) electrons. The predicted octanol–water partition coefficient (Wildman–Crippen LogP) is 4.21. The van der Waals surface area contributed by atoms with Crippen LogP contribution in [0.25, 0.3) is 0 Å². The third-order valence-corrected chi connectivity index (χ3v) is 3.18. The Balaban J connectivity index is 0.000000251. The van der Waals surface area contributed by atoms with Gasteiger partial charge in [-0.2, -0.15) is 0 Å². The molecule has 0 aromatic heterocycles. The lowest BCUT2D eigenvalue weighted by molar-refractivity contribution is 0.230. The van der Waals surface area contributed by atoms with E-state index in [-0.39, 0.29) is 12.1 Å². The molecule has 0 unspecified atom stereocenters. The van der Waals surface area contributed by atoms with Crippen molar-refractivity contribution >= 4 is 35.0 Å². The van der Waals surface area contributed by atoms with Crippen LogP contribution in [-0.2, 0) is 0 Å². The van der Waals surface area contributed by atoms with Crippen LogP contribution in [0.3, 0.4) is 0 Å². The summed E-state index contributed by atoms with van der Waals surface area (Å²) in [4.78, 5) is 25.3. The fourth-order valence-corrected chi connectivity index (χ4v) is 1.65. The Kier molecular flexibility index (Phi) is 8.29. The molecule has 0 fully saturated rings. The van der Waals surface area contributed by atoms with Crippen molar-refractivity contribution in [3.05, 3.63) is 59.6 Å². The summed E-state index contributed by atoms with van der Waals surface area (Å²) >= 11 is 5.69. The van der Waals surface area contributed by atoms with Gasteiger partial charge in [0.05, 0.1) is 0 Å². The van der Waals surface area contributed by atoms with Crippen molar-refractivity contribution < 1.29 is 9.59 Å². The molecule has 0 saturated carbocycles. The molecule has 2 N–H and O–H groups in total. The van der Waals surface area contributed by atoms with Crippen molar-refractivity contribution in [2.45, 2.75) is 0 Å². The van der Waals surface area contributed by atoms with E-state index in [0.29, 0.717) is 5.02 Å². The Morgan fingerprint density at radius 1 is 0.720 bits per heavy atom. The Morgan fingerprint density at radius 2 is 1.12 bits per heavy atom. The van der Waals surface area contributed by atoms with Gasteiger partial charge in [0.25, 0.3) is 0 Å². The molecule has 2 rings (SSSR count). The Morgan fingerprint density at radius 3 is 1.52 bits per heavy atom. The molecule has 0 bridgehead atoms. The smallest absolute Gasteiger partial charge is 0.321 e. The van der Waals surface area contributed by atoms with Gasteiger partial charge in [0.1, 0.15) is 0 Å². The molecule has 25 heavy (non-hydrogen) atoms. The number of nitrogens with one attached hydrogen (secondary N) is 2. The lowest BCUT2D eigenvalue weighted by atomic mass is 10.3. The van der Waals surface area contributed by atoms with Gasteiger partial charge in [-0.3, -0.25) is 0 Å². The van der Waals surface area contributed by atoms with Crippen LogP contribution in [0.5, 0.6) is 0 Å². The first-order chi connectivity index (χ1) is 11.8. The van der Waals surface area contributed by atoms with Crippen molar-refractivity contribution in [3.8, 4) is 0 Å². The van der Waals surface area contributed by atoms with E-state index in [9.17, 15) is 9.59 Å². The van der Waals surface area contributed by atoms with Crippen LogP contribution in [0.1, 0.15) is 0 Å². The normalized spacial score (nSPS) is 9.32. The number of urea groups is 2. The molecule has 0 spiro atoms. The van der Waals surface area contributed by atoms with Crippen LogP contribution in [0.4, 0.5) is 21.0 Å². The number of carbonyl (C=O) groups excluding carboxylic acids is 2. The summed E-state index contributed by atoms with van der Waals surface area (Å²) in [7, 11) is 6.78. The molecule has 2 aromatic rings. The first-order valence-corrected chi connectivity index (χ1v) is 7.94. The van der Waals surface area contributed by atoms with Gasteiger partial charge >= 0.3 is 12.1 Å². The van der Waals surface area contributed by atoms with E-state index in [0.717, 1.165) is 11.4 Å². The minimum absolute atomic E-state index is 0.110. The molecule has 0 aliphatic carbocycles. The van der Waals surface area contributed by atoms with E-state index in [1.807, 2.05) is 30.3 Å². The van der Waals surface area contributed by atoms with Crippen LogP contribution >= 0.6 is 11.6 Å². The first-order valence-electron chi connectivity index (χ1n) is 7.57. The zero-order chi connectivity index (χ0) is 18.8. The van der Waals surface area contributed by atoms with Crippen LogP contribution < -0.4 is 10.6 Å². The summed E-state index contributed by atoms with van der Waals surface area (Å²) in [6.45, 7) is 0. The zero-order valence-electron chi connectivity index (χ0n) is 14.8. The fourth-order valence-electron chi connectivity index (χ4n) is 1.53.